The number of hydrogen-bond donors (Lipinski definition) is 1. The largest absolute Gasteiger partial charge is 0.504 e. The number of rotatable bonds is 10. The molecule has 0 spiro atoms. The number of methoxy groups -OCH3 is 7. The normalized spacial score (nSPS) is 16.2. The number of nitrogens with zero attached hydrogens (tertiary/aromatic N) is 1. The van der Waals surface area contributed by atoms with Crippen LogP contribution in [-0.4, -0.2) is 60.6 Å². The zero-order chi connectivity index (χ0) is 28.3. The molecule has 4 rings (SSSR count). The van der Waals surface area contributed by atoms with Crippen molar-refractivity contribution < 1.29 is 43.1 Å². The van der Waals surface area contributed by atoms with E-state index in [1.165, 1.54) is 49.8 Å². The highest BCUT2D eigenvalue weighted by molar-refractivity contribution is 6.36. The predicted octanol–water partition coefficient (Wildman–Crippen LogP) is 5.17. The van der Waals surface area contributed by atoms with Crippen LogP contribution >= 0.6 is 11.6 Å². The summed E-state index contributed by atoms with van der Waals surface area (Å²) in [5.74, 6) is 2.56. The number of ether oxygens (including phenoxy) is 7. The Morgan fingerprint density at radius 3 is 1.77 bits per heavy atom. The fourth-order valence-corrected chi connectivity index (χ4v) is 4.97. The van der Waals surface area contributed by atoms with E-state index >= 15 is 0 Å². The van der Waals surface area contributed by atoms with Gasteiger partial charge in [-0.2, -0.15) is 0 Å². The highest BCUT2D eigenvalue weighted by Crippen LogP contribution is 2.51. The van der Waals surface area contributed by atoms with Crippen molar-refractivity contribution in [1.82, 2.24) is 0 Å². The van der Waals surface area contributed by atoms with Crippen LogP contribution in [0, 0.1) is 0 Å². The zero-order valence-electron chi connectivity index (χ0n) is 22.7. The molecule has 1 unspecified atom stereocenters. The van der Waals surface area contributed by atoms with Crippen molar-refractivity contribution in [3.8, 4) is 46.0 Å². The van der Waals surface area contributed by atoms with Crippen LogP contribution in [0.3, 0.4) is 0 Å². The molecule has 1 atom stereocenters. The molecular weight excluding hydrogens is 530 g/mol. The molecular formula is C28H30ClNO9. The van der Waals surface area contributed by atoms with Gasteiger partial charge < -0.3 is 43.1 Å². The molecule has 1 aliphatic heterocycles. The summed E-state index contributed by atoms with van der Waals surface area (Å²) in [6.45, 7) is 0. The number of phenols is 1. The molecule has 3 aromatic rings. The van der Waals surface area contributed by atoms with Crippen LogP contribution in [-0.2, 0) is 10.4 Å². The Morgan fingerprint density at radius 2 is 1.26 bits per heavy atom. The molecule has 11 heteroatoms. The minimum Gasteiger partial charge on any atom is -0.504 e. The summed E-state index contributed by atoms with van der Waals surface area (Å²) in [6, 6.07) is 10.3. The molecule has 0 aliphatic carbocycles. The second kappa shape index (κ2) is 11.3. The summed E-state index contributed by atoms with van der Waals surface area (Å²) in [7, 11) is 10.6. The molecule has 0 saturated carbocycles. The second-order valence-corrected chi connectivity index (χ2v) is 8.82. The molecule has 0 aromatic heterocycles. The summed E-state index contributed by atoms with van der Waals surface area (Å²) in [5, 5.41) is 15.4. The van der Waals surface area contributed by atoms with Crippen LogP contribution in [0.1, 0.15) is 23.1 Å². The lowest BCUT2D eigenvalue weighted by Crippen LogP contribution is -2.28. The Bertz CT molecular complexity index is 1380. The maximum atomic E-state index is 10.7. The van der Waals surface area contributed by atoms with Gasteiger partial charge in [0, 0.05) is 23.1 Å². The van der Waals surface area contributed by atoms with Crippen LogP contribution in [0.4, 0.5) is 0 Å². The van der Waals surface area contributed by atoms with Crippen molar-refractivity contribution in [2.24, 2.45) is 5.16 Å². The van der Waals surface area contributed by atoms with Gasteiger partial charge in [0.2, 0.25) is 11.5 Å². The zero-order valence-corrected chi connectivity index (χ0v) is 23.5. The Morgan fingerprint density at radius 1 is 0.692 bits per heavy atom. The summed E-state index contributed by atoms with van der Waals surface area (Å²) < 4.78 is 38.5. The smallest absolute Gasteiger partial charge is 0.204 e. The molecule has 0 amide bonds. The van der Waals surface area contributed by atoms with Gasteiger partial charge in [-0.3, -0.25) is 0 Å². The molecule has 3 aromatic carbocycles. The second-order valence-electron chi connectivity index (χ2n) is 8.44. The fourth-order valence-electron chi connectivity index (χ4n) is 4.64. The van der Waals surface area contributed by atoms with Crippen molar-refractivity contribution in [2.75, 3.05) is 49.8 Å². The first-order valence-electron chi connectivity index (χ1n) is 11.7. The quantitative estimate of drug-likeness (QED) is 0.360. The van der Waals surface area contributed by atoms with Gasteiger partial charge in [-0.05, 0) is 30.3 Å². The summed E-state index contributed by atoms with van der Waals surface area (Å²) >= 11 is 6.78. The minimum absolute atomic E-state index is 0.0651. The molecule has 0 bridgehead atoms. The van der Waals surface area contributed by atoms with E-state index in [0.717, 1.165) is 0 Å². The van der Waals surface area contributed by atoms with Gasteiger partial charge in [-0.15, -0.1) is 0 Å². The van der Waals surface area contributed by atoms with Crippen LogP contribution in [0.2, 0.25) is 5.02 Å². The minimum atomic E-state index is -1.23. The molecule has 0 radical (unpaired) electrons. The molecule has 1 aliphatic rings. The van der Waals surface area contributed by atoms with Gasteiger partial charge in [0.05, 0.1) is 60.5 Å². The van der Waals surface area contributed by atoms with E-state index in [2.05, 4.69) is 5.16 Å². The first-order valence-corrected chi connectivity index (χ1v) is 12.1. The van der Waals surface area contributed by atoms with Crippen molar-refractivity contribution in [1.29, 1.82) is 0 Å². The number of benzene rings is 3. The number of phenolic OH excluding ortho intramolecular Hbond substituents is 1. The molecule has 208 valence electrons. The van der Waals surface area contributed by atoms with Gasteiger partial charge in [0.15, 0.2) is 40.1 Å². The maximum Gasteiger partial charge on any atom is 0.204 e. The third-order valence-electron chi connectivity index (χ3n) is 6.58. The molecule has 1 heterocycles. The summed E-state index contributed by atoms with van der Waals surface area (Å²) in [5.41, 5.74) is 1.03. The van der Waals surface area contributed by atoms with Crippen LogP contribution < -0.4 is 33.2 Å². The highest BCUT2D eigenvalue weighted by Gasteiger charge is 2.45. The van der Waals surface area contributed by atoms with E-state index in [9.17, 15) is 5.11 Å². The Labute approximate surface area is 231 Å². The van der Waals surface area contributed by atoms with E-state index in [1.807, 2.05) is 0 Å². The Kier molecular flexibility index (Phi) is 8.06. The van der Waals surface area contributed by atoms with E-state index in [0.29, 0.717) is 62.6 Å². The predicted molar refractivity (Wildman–Crippen MR) is 145 cm³/mol. The van der Waals surface area contributed by atoms with Crippen molar-refractivity contribution >= 4 is 17.3 Å². The maximum absolute atomic E-state index is 10.7. The number of halogens is 1. The summed E-state index contributed by atoms with van der Waals surface area (Å²) in [6.07, 6.45) is 0.204. The number of hydrogen-bond acceptors (Lipinski definition) is 10. The van der Waals surface area contributed by atoms with E-state index < -0.39 is 5.60 Å². The van der Waals surface area contributed by atoms with E-state index in [4.69, 9.17) is 49.6 Å². The first kappa shape index (κ1) is 27.8. The average Bonchev–Trinajstić information content (AvgIpc) is 3.42. The monoisotopic (exact) mass is 559 g/mol. The Hall–Kier alpha value is -4.18. The fraction of sp³-hybridized carbons (Fsp3) is 0.321. The standard InChI is InChI=1S/C28H30ClNO9/c1-32-20-9-8-15(10-19(20)31)28(16-11-21(33-2)25(36-5)22(12-16)34-3)14-18(30-39-28)17-13-23(35-4)26(37-6)27(38-7)24(17)29/h8-13,31H,14H2,1-7H3. The van der Waals surface area contributed by atoms with Gasteiger partial charge in [0.1, 0.15) is 0 Å². The van der Waals surface area contributed by atoms with Gasteiger partial charge in [-0.25, -0.2) is 0 Å². The summed E-state index contributed by atoms with van der Waals surface area (Å²) in [4.78, 5) is 6.25. The third-order valence-corrected chi connectivity index (χ3v) is 6.96. The van der Waals surface area contributed by atoms with Crippen LogP contribution in [0.25, 0.3) is 0 Å². The topological polar surface area (TPSA) is 106 Å². The lowest BCUT2D eigenvalue weighted by molar-refractivity contribution is 0.0107. The van der Waals surface area contributed by atoms with Gasteiger partial charge in [-0.1, -0.05) is 22.8 Å². The van der Waals surface area contributed by atoms with E-state index in [-0.39, 0.29) is 17.2 Å². The first-order chi connectivity index (χ1) is 18.8. The van der Waals surface area contributed by atoms with Crippen molar-refractivity contribution in [3.05, 3.63) is 58.1 Å². The number of aromatic hydroxyl groups is 1. The number of oxime groups is 1. The van der Waals surface area contributed by atoms with Crippen LogP contribution in [0.15, 0.2) is 41.6 Å². The lowest BCUT2D eigenvalue weighted by atomic mass is 9.81. The van der Waals surface area contributed by atoms with Gasteiger partial charge in [0.25, 0.3) is 0 Å². The SMILES string of the molecule is COc1ccc(C2(c3cc(OC)c(OC)c(OC)c3)CC(c3cc(OC)c(OC)c(OC)c3Cl)=NO2)cc1O. The van der Waals surface area contributed by atoms with Crippen molar-refractivity contribution in [3.63, 3.8) is 0 Å². The average molecular weight is 560 g/mol. The molecule has 39 heavy (non-hydrogen) atoms. The molecule has 0 saturated heterocycles. The lowest BCUT2D eigenvalue weighted by Gasteiger charge is -2.29. The third kappa shape index (κ3) is 4.65. The molecule has 10 nitrogen and oxygen atoms in total. The molecule has 1 N–H and O–H groups in total. The highest BCUT2D eigenvalue weighted by atomic mass is 35.5. The van der Waals surface area contributed by atoms with Crippen LogP contribution in [0.5, 0.6) is 46.0 Å². The van der Waals surface area contributed by atoms with Crippen molar-refractivity contribution in [2.45, 2.75) is 12.0 Å². The van der Waals surface area contributed by atoms with Gasteiger partial charge >= 0.3 is 0 Å². The molecule has 0 fully saturated rings. The van der Waals surface area contributed by atoms with E-state index in [1.54, 1.807) is 36.4 Å². The Balaban J connectivity index is 1.93.